The number of aryl methyl sites for hydroxylation is 4. The lowest BCUT2D eigenvalue weighted by molar-refractivity contribution is -0.00447. The van der Waals surface area contributed by atoms with Crippen LogP contribution in [-0.4, -0.2) is 30.8 Å². The van der Waals surface area contributed by atoms with Crippen LogP contribution in [-0.2, 0) is 0 Å². The normalized spacial score (nSPS) is 14.0. The second-order valence-electron chi connectivity index (χ2n) is 6.97. The van der Waals surface area contributed by atoms with Gasteiger partial charge in [-0.1, -0.05) is 20.8 Å². The van der Waals surface area contributed by atoms with Crippen LogP contribution in [0.15, 0.2) is 12.1 Å². The van der Waals surface area contributed by atoms with Gasteiger partial charge in [0.25, 0.3) is 0 Å². The molecule has 2 aromatic rings. The highest BCUT2D eigenvalue weighted by molar-refractivity contribution is 5.12. The Morgan fingerprint density at radius 2 is 1.29 bits per heavy atom. The van der Waals surface area contributed by atoms with Gasteiger partial charge in [-0.2, -0.15) is 10.2 Å². The Kier molecular flexibility index (Phi) is 3.97. The number of rotatable bonds is 3. The van der Waals surface area contributed by atoms with E-state index in [-0.39, 0.29) is 11.6 Å². The fourth-order valence-corrected chi connectivity index (χ4v) is 2.65. The van der Waals surface area contributed by atoms with Crippen molar-refractivity contribution in [1.29, 1.82) is 0 Å². The minimum Gasteiger partial charge on any atom is -0.388 e. The van der Waals surface area contributed by atoms with Crippen molar-refractivity contribution in [2.45, 2.75) is 60.7 Å². The predicted octanol–water partition coefficient (Wildman–Crippen LogP) is 2.77. The summed E-state index contributed by atoms with van der Waals surface area (Å²) in [4.78, 5) is 0. The summed E-state index contributed by atoms with van der Waals surface area (Å²) in [5.41, 5.74) is 3.66. The number of hydrogen-bond acceptors (Lipinski definition) is 3. The van der Waals surface area contributed by atoms with Crippen LogP contribution in [0, 0.1) is 33.1 Å². The van der Waals surface area contributed by atoms with Gasteiger partial charge in [-0.3, -0.25) is 0 Å². The van der Waals surface area contributed by atoms with Crippen LogP contribution < -0.4 is 0 Å². The molecule has 0 aliphatic carbocycles. The van der Waals surface area contributed by atoms with Crippen molar-refractivity contribution in [2.24, 2.45) is 5.41 Å². The maximum absolute atomic E-state index is 10.9. The molecule has 0 aromatic carbocycles. The highest BCUT2D eigenvalue weighted by Crippen LogP contribution is 2.31. The van der Waals surface area contributed by atoms with Gasteiger partial charge in [0.15, 0.2) is 6.17 Å². The molecular weight excluding hydrogens is 264 g/mol. The Balaban J connectivity index is 2.60. The molecule has 0 spiro atoms. The maximum Gasteiger partial charge on any atom is 0.170 e. The van der Waals surface area contributed by atoms with Gasteiger partial charge in [-0.25, -0.2) is 9.36 Å². The van der Waals surface area contributed by atoms with Crippen LogP contribution >= 0.6 is 0 Å². The number of aromatic nitrogens is 4. The second kappa shape index (κ2) is 5.30. The number of aliphatic hydroxyl groups excluding tert-OH is 1. The molecule has 0 saturated heterocycles. The molecule has 0 saturated carbocycles. The Hall–Kier alpha value is -1.62. The molecule has 0 amide bonds. The molecule has 1 N–H and O–H groups in total. The average Bonchev–Trinajstić information content (AvgIpc) is 2.82. The molecular formula is C16H26N4O. The standard InChI is InChI=1S/C16H26N4O/c1-10-8-12(3)19(17-10)15(14(21)16(5,6)7)20-13(4)9-11(2)18-20/h8-9,14-15,21H,1-7H3/t14-/m0/s1. The van der Waals surface area contributed by atoms with E-state index in [0.717, 1.165) is 22.8 Å². The van der Waals surface area contributed by atoms with E-state index in [1.54, 1.807) is 0 Å². The molecule has 0 bridgehead atoms. The zero-order valence-corrected chi connectivity index (χ0v) is 14.0. The largest absolute Gasteiger partial charge is 0.388 e. The fraction of sp³-hybridized carbons (Fsp3) is 0.625. The van der Waals surface area contributed by atoms with E-state index in [0.29, 0.717) is 0 Å². The summed E-state index contributed by atoms with van der Waals surface area (Å²) in [6.45, 7) is 14.0. The van der Waals surface area contributed by atoms with E-state index >= 15 is 0 Å². The molecule has 116 valence electrons. The Labute approximate surface area is 126 Å². The fourth-order valence-electron chi connectivity index (χ4n) is 2.65. The molecule has 2 heterocycles. The average molecular weight is 290 g/mol. The molecule has 0 unspecified atom stereocenters. The minimum absolute atomic E-state index is 0.275. The Bertz CT molecular complexity index is 587. The first kappa shape index (κ1) is 15.8. The summed E-state index contributed by atoms with van der Waals surface area (Å²) in [5.74, 6) is 0. The zero-order chi connectivity index (χ0) is 15.9. The third-order valence-corrected chi connectivity index (χ3v) is 3.76. The molecule has 0 aliphatic rings. The molecule has 2 aromatic heterocycles. The number of aliphatic hydroxyl groups is 1. The lowest BCUT2D eigenvalue weighted by Gasteiger charge is -2.34. The third kappa shape index (κ3) is 3.02. The summed E-state index contributed by atoms with van der Waals surface area (Å²) in [7, 11) is 0. The van der Waals surface area contributed by atoms with Crippen molar-refractivity contribution in [1.82, 2.24) is 19.6 Å². The van der Waals surface area contributed by atoms with Crippen molar-refractivity contribution in [3.05, 3.63) is 34.9 Å². The molecule has 0 aliphatic heterocycles. The second-order valence-corrected chi connectivity index (χ2v) is 6.97. The molecule has 5 nitrogen and oxygen atoms in total. The number of hydrogen-bond donors (Lipinski definition) is 1. The maximum atomic E-state index is 10.9. The predicted molar refractivity (Wildman–Crippen MR) is 83.3 cm³/mol. The smallest absolute Gasteiger partial charge is 0.170 e. The summed E-state index contributed by atoms with van der Waals surface area (Å²) >= 11 is 0. The minimum atomic E-state index is -0.603. The summed E-state index contributed by atoms with van der Waals surface area (Å²) in [6, 6.07) is 4.04. The summed E-state index contributed by atoms with van der Waals surface area (Å²) in [5, 5.41) is 20.0. The molecule has 1 atom stereocenters. The molecule has 21 heavy (non-hydrogen) atoms. The highest BCUT2D eigenvalue weighted by atomic mass is 16.3. The van der Waals surface area contributed by atoms with Gasteiger partial charge < -0.3 is 5.11 Å². The summed E-state index contributed by atoms with van der Waals surface area (Å²) < 4.78 is 3.76. The van der Waals surface area contributed by atoms with Crippen molar-refractivity contribution in [3.63, 3.8) is 0 Å². The van der Waals surface area contributed by atoms with Gasteiger partial charge in [-0.15, -0.1) is 0 Å². The Morgan fingerprint density at radius 1 is 0.905 bits per heavy atom. The first-order valence-electron chi connectivity index (χ1n) is 7.35. The van der Waals surface area contributed by atoms with Gasteiger partial charge >= 0.3 is 0 Å². The van der Waals surface area contributed by atoms with Crippen LogP contribution in [0.25, 0.3) is 0 Å². The zero-order valence-electron chi connectivity index (χ0n) is 14.0. The van der Waals surface area contributed by atoms with E-state index in [1.807, 2.05) is 70.0 Å². The van der Waals surface area contributed by atoms with E-state index in [4.69, 9.17) is 0 Å². The Morgan fingerprint density at radius 3 is 1.52 bits per heavy atom. The molecule has 0 fully saturated rings. The van der Waals surface area contributed by atoms with E-state index < -0.39 is 6.10 Å². The van der Waals surface area contributed by atoms with Gasteiger partial charge in [0.05, 0.1) is 11.4 Å². The van der Waals surface area contributed by atoms with E-state index in [9.17, 15) is 5.11 Å². The first-order valence-corrected chi connectivity index (χ1v) is 7.35. The number of nitrogens with zero attached hydrogens (tertiary/aromatic N) is 4. The lowest BCUT2D eigenvalue weighted by Crippen LogP contribution is -2.41. The monoisotopic (exact) mass is 290 g/mol. The van der Waals surface area contributed by atoms with Crippen molar-refractivity contribution in [2.75, 3.05) is 0 Å². The molecule has 0 radical (unpaired) electrons. The van der Waals surface area contributed by atoms with Gasteiger partial charge in [0.1, 0.15) is 6.10 Å². The van der Waals surface area contributed by atoms with Crippen molar-refractivity contribution in [3.8, 4) is 0 Å². The van der Waals surface area contributed by atoms with E-state index in [1.165, 1.54) is 0 Å². The van der Waals surface area contributed by atoms with Crippen molar-refractivity contribution >= 4 is 0 Å². The lowest BCUT2D eigenvalue weighted by atomic mass is 9.87. The topological polar surface area (TPSA) is 55.9 Å². The van der Waals surface area contributed by atoms with E-state index in [2.05, 4.69) is 10.2 Å². The quantitative estimate of drug-likeness (QED) is 0.945. The third-order valence-electron chi connectivity index (χ3n) is 3.76. The van der Waals surface area contributed by atoms with Crippen LogP contribution in [0.5, 0.6) is 0 Å². The van der Waals surface area contributed by atoms with Gasteiger partial charge in [0, 0.05) is 11.4 Å². The molecule has 5 heteroatoms. The SMILES string of the molecule is Cc1cc(C)n(C([C@H](O)C(C)(C)C)n2nc(C)cc2C)n1. The summed E-state index contributed by atoms with van der Waals surface area (Å²) in [6.07, 6.45) is -0.944. The van der Waals surface area contributed by atoms with Crippen LogP contribution in [0.2, 0.25) is 0 Å². The van der Waals surface area contributed by atoms with Crippen LogP contribution in [0.3, 0.4) is 0 Å². The van der Waals surface area contributed by atoms with Crippen LogP contribution in [0.4, 0.5) is 0 Å². The first-order chi connectivity index (χ1) is 9.61. The van der Waals surface area contributed by atoms with Gasteiger partial charge in [0.2, 0.25) is 0 Å². The van der Waals surface area contributed by atoms with Gasteiger partial charge in [-0.05, 0) is 45.2 Å². The highest BCUT2D eigenvalue weighted by Gasteiger charge is 2.35. The van der Waals surface area contributed by atoms with Crippen LogP contribution in [0.1, 0.15) is 49.7 Å². The molecule has 2 rings (SSSR count). The van der Waals surface area contributed by atoms with Crippen molar-refractivity contribution < 1.29 is 5.11 Å².